The van der Waals surface area contributed by atoms with E-state index in [0.29, 0.717) is 97.1 Å². The van der Waals surface area contributed by atoms with E-state index in [9.17, 15) is 0 Å². The topological polar surface area (TPSA) is 153 Å². The molecule has 0 spiro atoms. The number of benzene rings is 14. The monoisotopic (exact) mass is 1930 g/mol. The molecule has 10 atom stereocenters. The molecule has 4 aliphatic carbocycles. The molecule has 0 aliphatic heterocycles. The summed E-state index contributed by atoms with van der Waals surface area (Å²) < 4.78 is 61.0. The number of ether oxygens (including phenoxy) is 10. The molecule has 14 aromatic carbocycles. The Morgan fingerprint density at radius 1 is 0.245 bits per heavy atom. The van der Waals surface area contributed by atoms with Gasteiger partial charge in [-0.05, 0) is 324 Å². The van der Waals surface area contributed by atoms with Crippen molar-refractivity contribution < 1.29 is 62.7 Å². The van der Waals surface area contributed by atoms with E-state index in [4.69, 9.17) is 62.7 Å². The number of hydrogen-bond acceptors (Lipinski definition) is 13. The lowest BCUT2D eigenvalue weighted by Gasteiger charge is -2.56. The highest BCUT2D eigenvalue weighted by atomic mass is 16.7. The number of phenols is 3. The second-order valence-electron chi connectivity index (χ2n) is 39.0. The molecular weight excluding hydrogens is 1770 g/mol. The lowest BCUT2D eigenvalue weighted by atomic mass is 9.50. The van der Waals surface area contributed by atoms with Crippen LogP contribution in [0.5, 0.6) is 57.5 Å². The van der Waals surface area contributed by atoms with E-state index in [1.165, 1.54) is 89.5 Å². The third-order valence-corrected chi connectivity index (χ3v) is 28.2. The average molecular weight is 1930 g/mol. The van der Waals surface area contributed by atoms with Crippen molar-refractivity contribution in [2.75, 3.05) is 26.4 Å². The van der Waals surface area contributed by atoms with Crippen LogP contribution < -0.4 is 33.2 Å². The van der Waals surface area contributed by atoms with Gasteiger partial charge in [-0.25, -0.2) is 0 Å². The summed E-state index contributed by atoms with van der Waals surface area (Å²) in [5.41, 5.74) is 13.0. The van der Waals surface area contributed by atoms with Gasteiger partial charge in [0.05, 0.1) is 19.8 Å². The lowest BCUT2D eigenvalue weighted by Crippen LogP contribution is -2.49. The number of rotatable bonds is 41. The van der Waals surface area contributed by atoms with Crippen molar-refractivity contribution in [2.24, 2.45) is 23.2 Å². The molecule has 4 saturated carbocycles. The van der Waals surface area contributed by atoms with Crippen LogP contribution in [0.2, 0.25) is 0 Å². The molecule has 13 heteroatoms. The molecule has 4 fully saturated rings. The molecule has 13 nitrogen and oxygen atoms in total. The summed E-state index contributed by atoms with van der Waals surface area (Å²) in [5, 5.41) is 29.3. The molecule has 0 saturated heterocycles. The van der Waals surface area contributed by atoms with Crippen molar-refractivity contribution in [3.63, 3.8) is 0 Å². The first kappa shape index (κ1) is 111. The molecule has 0 amide bonds. The van der Waals surface area contributed by atoms with Gasteiger partial charge in [0.2, 0.25) is 18.9 Å². The van der Waals surface area contributed by atoms with Crippen LogP contribution in [0.3, 0.4) is 0 Å². The van der Waals surface area contributed by atoms with Gasteiger partial charge >= 0.3 is 0 Å². The highest BCUT2D eigenvalue weighted by Crippen LogP contribution is 2.60. The molecule has 0 radical (unpaired) electrons. The van der Waals surface area contributed by atoms with Gasteiger partial charge in [-0.2, -0.15) is 0 Å². The fraction of sp³-hybridized carbons (Fsp3) is 0.369. The Bertz CT molecular complexity index is 5550. The summed E-state index contributed by atoms with van der Waals surface area (Å²) >= 11 is 0. The summed E-state index contributed by atoms with van der Waals surface area (Å²) in [5.74, 6) is 13.7. The predicted molar refractivity (Wildman–Crippen MR) is 587 cm³/mol. The van der Waals surface area contributed by atoms with Crippen LogP contribution in [-0.2, 0) is 34.0 Å². The van der Waals surface area contributed by atoms with E-state index in [0.717, 1.165) is 125 Å². The maximum atomic E-state index is 9.01. The van der Waals surface area contributed by atoms with Gasteiger partial charge in [-0.15, -0.1) is 0 Å². The minimum atomic E-state index is -0.538. The first-order valence-corrected chi connectivity index (χ1v) is 52.4. The van der Waals surface area contributed by atoms with Crippen molar-refractivity contribution in [3.8, 4) is 57.5 Å². The molecule has 0 heterocycles. The summed E-state index contributed by atoms with van der Waals surface area (Å²) in [7, 11) is 0. The third kappa shape index (κ3) is 37.8. The van der Waals surface area contributed by atoms with Gasteiger partial charge < -0.3 is 62.7 Å². The molecule has 0 aromatic heterocycles. The number of aromatic hydroxyl groups is 3. The minimum absolute atomic E-state index is 0.286. The van der Waals surface area contributed by atoms with Crippen LogP contribution in [0.4, 0.5) is 0 Å². The van der Waals surface area contributed by atoms with Gasteiger partial charge in [-0.3, -0.25) is 0 Å². The molecule has 14 aromatic rings. The highest BCUT2D eigenvalue weighted by molar-refractivity contribution is 5.88. The minimum Gasteiger partial charge on any atom is -0.508 e. The van der Waals surface area contributed by atoms with E-state index in [2.05, 4.69) is 200 Å². The molecule has 10 unspecified atom stereocenters. The van der Waals surface area contributed by atoms with Gasteiger partial charge in [0, 0.05) is 5.39 Å². The number of para-hydroxylation sites is 2. The van der Waals surface area contributed by atoms with Crippen LogP contribution in [-0.4, -0.2) is 60.6 Å². The van der Waals surface area contributed by atoms with E-state index < -0.39 is 18.9 Å². The highest BCUT2D eigenvalue weighted by Gasteiger charge is 2.51. The van der Waals surface area contributed by atoms with Gasteiger partial charge in [0.15, 0.2) is 19.8 Å². The normalized spacial score (nSPS) is 16.7. The Hall–Kier alpha value is -12.8. The van der Waals surface area contributed by atoms with Crippen molar-refractivity contribution in [1.29, 1.82) is 0 Å². The predicted octanol–water partition coefficient (Wildman–Crippen LogP) is 34.3. The standard InChI is InChI=1S/C29H38O3.C29H30O3.C25H28O3.C17H20O.3C10H14O/c1-3-21(2)25-9-11-27(12-10-25)32-28(19-30-26-7-5-4-6-8-26)31-20-29-16-22-13-23(17-29)15-24(14-22)18-29;1-3-22(2)24-16-18-26(19-17-24)32-29(31-20-23-10-5-4-6-11-23)21-30-28-15-9-13-25-12-7-8-14-27(25)28;1-3-20(2)22-14-16-24(17-15-22)28-25(19-26-23-12-8-5-9-13-23)27-18-21-10-6-4-7-11-21;1-3-14(2)16-9-11-17(12-10-16)18-13-15-7-5-4-6-8-15;3*1-3-8(2)9-4-6-10(11)7-5-9/h4-12,21-24,28H,3,13-20H2,1-2H3;4-19,22,29H,3,20-21H2,1-2H3;4-17,20,25H,3,18-19H2,1-2H3;4-12,14H,3,13H2,1-2H3;3*4-8,11H,3H2,1-2H3. The quantitative estimate of drug-likeness (QED) is 0.0312. The Kier molecular flexibility index (Phi) is 46.4. The fourth-order valence-corrected chi connectivity index (χ4v) is 18.2. The fourth-order valence-electron chi connectivity index (χ4n) is 18.2. The summed E-state index contributed by atoms with van der Waals surface area (Å²) in [6.45, 7) is 34.2. The van der Waals surface area contributed by atoms with E-state index >= 15 is 0 Å². The van der Waals surface area contributed by atoms with Crippen LogP contribution in [0, 0.1) is 23.2 Å². The first-order chi connectivity index (χ1) is 69.6. The number of phenolic OH excluding ortho intramolecular Hbond substituents is 3. The van der Waals surface area contributed by atoms with Crippen molar-refractivity contribution >= 4 is 10.8 Å². The third-order valence-electron chi connectivity index (χ3n) is 28.2. The maximum absolute atomic E-state index is 9.01. The molecule has 4 aliphatic rings. The summed E-state index contributed by atoms with van der Waals surface area (Å²) in [6.07, 6.45) is 14.9. The summed E-state index contributed by atoms with van der Waals surface area (Å²) in [4.78, 5) is 0. The van der Waals surface area contributed by atoms with Crippen LogP contribution in [0.15, 0.2) is 364 Å². The molecule has 18 rings (SSSR count). The Morgan fingerprint density at radius 2 is 0.497 bits per heavy atom. The first-order valence-electron chi connectivity index (χ1n) is 52.4. The van der Waals surface area contributed by atoms with Crippen LogP contribution in [0.25, 0.3) is 10.8 Å². The van der Waals surface area contributed by atoms with E-state index in [-0.39, 0.29) is 6.61 Å². The second kappa shape index (κ2) is 60.0. The Morgan fingerprint density at radius 3 is 0.811 bits per heavy atom. The molecule has 143 heavy (non-hydrogen) atoms. The second-order valence-corrected chi connectivity index (χ2v) is 39.0. The number of hydrogen-bond donors (Lipinski definition) is 3. The molecule has 756 valence electrons. The smallest absolute Gasteiger partial charge is 0.234 e. The van der Waals surface area contributed by atoms with Crippen LogP contribution in [0.1, 0.15) is 277 Å². The number of fused-ring (bicyclic) bond motifs is 1. The van der Waals surface area contributed by atoms with Gasteiger partial charge in [0.1, 0.15) is 64.1 Å². The van der Waals surface area contributed by atoms with E-state index in [1.54, 1.807) is 36.4 Å². The Labute approximate surface area is 855 Å². The largest absolute Gasteiger partial charge is 0.508 e. The Balaban J connectivity index is 0.000000166. The summed E-state index contributed by atoms with van der Waals surface area (Å²) in [6, 6.07) is 120. The van der Waals surface area contributed by atoms with Crippen molar-refractivity contribution in [2.45, 2.75) is 261 Å². The molecular formula is C130H158O13. The molecule has 4 bridgehead atoms. The van der Waals surface area contributed by atoms with Gasteiger partial charge in [-0.1, -0.05) is 346 Å². The SMILES string of the molecule is CCC(C)c1ccc(O)cc1.CCC(C)c1ccc(O)cc1.CCC(C)c1ccc(O)cc1.CCC(C)c1ccc(OC(COc2cccc3ccccc23)OCc2ccccc2)cc1.CCC(C)c1ccc(OC(COc2ccccc2)OCC23CC4CC(CC(C4)C2)C3)cc1.CCC(C)c1ccc(OC(COc2ccccc2)OCc2ccccc2)cc1.CCC(C)c1ccc(OCc2ccccc2)cc1. The zero-order valence-electron chi connectivity index (χ0n) is 87.2. The van der Waals surface area contributed by atoms with Crippen molar-refractivity contribution in [3.05, 3.63) is 420 Å². The maximum Gasteiger partial charge on any atom is 0.234 e. The molecule has 3 N–H and O–H groups in total. The zero-order chi connectivity index (χ0) is 101. The van der Waals surface area contributed by atoms with Gasteiger partial charge in [0.25, 0.3) is 0 Å². The average Bonchev–Trinajstić information content (AvgIpc) is 0.749. The van der Waals surface area contributed by atoms with Crippen molar-refractivity contribution in [1.82, 2.24) is 0 Å². The van der Waals surface area contributed by atoms with E-state index in [1.807, 2.05) is 224 Å². The zero-order valence-corrected chi connectivity index (χ0v) is 87.2. The lowest BCUT2D eigenvalue weighted by molar-refractivity contribution is -0.162. The van der Waals surface area contributed by atoms with Crippen LogP contribution >= 0.6 is 0 Å².